The van der Waals surface area contributed by atoms with Gasteiger partial charge in [0.2, 0.25) is 11.8 Å². The highest BCUT2D eigenvalue weighted by atomic mass is 32.2. The normalized spacial score (nSPS) is 11.6. The average Bonchev–Trinajstić information content (AvgIpc) is 3.16. The summed E-state index contributed by atoms with van der Waals surface area (Å²) in [5, 5.41) is 11.0. The first-order chi connectivity index (χ1) is 13.5. The highest BCUT2D eigenvalue weighted by Gasteiger charge is 2.19. The van der Waals surface area contributed by atoms with Crippen LogP contribution in [0.4, 0.5) is 5.69 Å². The number of methoxy groups -OCH3 is 1. The van der Waals surface area contributed by atoms with Gasteiger partial charge in [-0.2, -0.15) is 0 Å². The fraction of sp³-hybridized carbons (Fsp3) is 0.158. The first-order valence-corrected chi connectivity index (χ1v) is 9.27. The average molecular weight is 397 g/mol. The Morgan fingerprint density at radius 2 is 1.96 bits per heavy atom. The molecular formula is C19H19N5O3S. The third-order valence-electron chi connectivity index (χ3n) is 3.94. The van der Waals surface area contributed by atoms with E-state index in [-0.39, 0.29) is 5.91 Å². The van der Waals surface area contributed by atoms with Gasteiger partial charge in [-0.3, -0.25) is 14.2 Å². The standard InChI is InChI=1S/C19H19N5O3S/c1-12(18(26)22-14-8-6-13(7-9-14)17(20)25)28-19-23-21-11-24(19)15-4-3-5-16(10-15)27-2/h3-12H,1-2H3,(H2,20,25)(H,22,26). The van der Waals surface area contributed by atoms with Gasteiger partial charge >= 0.3 is 0 Å². The number of hydrogen-bond donors (Lipinski definition) is 2. The summed E-state index contributed by atoms with van der Waals surface area (Å²) < 4.78 is 7.04. The molecule has 0 aliphatic rings. The molecule has 1 heterocycles. The number of primary amides is 1. The minimum absolute atomic E-state index is 0.197. The topological polar surface area (TPSA) is 112 Å². The van der Waals surface area contributed by atoms with Crippen LogP contribution in [0.3, 0.4) is 0 Å². The number of thioether (sulfide) groups is 1. The second kappa shape index (κ2) is 8.57. The highest BCUT2D eigenvalue weighted by molar-refractivity contribution is 8.00. The number of nitrogens with zero attached hydrogens (tertiary/aromatic N) is 3. The Morgan fingerprint density at radius 3 is 2.64 bits per heavy atom. The predicted octanol–water partition coefficient (Wildman–Crippen LogP) is 2.49. The fourth-order valence-electron chi connectivity index (χ4n) is 2.42. The van der Waals surface area contributed by atoms with Gasteiger partial charge in [-0.05, 0) is 43.3 Å². The summed E-state index contributed by atoms with van der Waals surface area (Å²) in [5.41, 5.74) is 7.01. The third kappa shape index (κ3) is 4.49. The van der Waals surface area contributed by atoms with Gasteiger partial charge in [0.05, 0.1) is 18.0 Å². The van der Waals surface area contributed by atoms with Gasteiger partial charge in [0.15, 0.2) is 5.16 Å². The summed E-state index contributed by atoms with van der Waals surface area (Å²) in [6.45, 7) is 1.78. The number of rotatable bonds is 7. The minimum Gasteiger partial charge on any atom is -0.497 e. The van der Waals surface area contributed by atoms with Gasteiger partial charge < -0.3 is 15.8 Å². The third-order valence-corrected chi connectivity index (χ3v) is 4.99. The molecule has 0 aliphatic carbocycles. The number of amides is 2. The van der Waals surface area contributed by atoms with Gasteiger partial charge in [0.1, 0.15) is 12.1 Å². The monoisotopic (exact) mass is 397 g/mol. The van der Waals surface area contributed by atoms with Crippen LogP contribution in [0.1, 0.15) is 17.3 Å². The van der Waals surface area contributed by atoms with E-state index in [0.717, 1.165) is 5.69 Å². The summed E-state index contributed by atoms with van der Waals surface area (Å²) in [6, 6.07) is 13.9. The van der Waals surface area contributed by atoms with Crippen LogP contribution in [0, 0.1) is 0 Å². The lowest BCUT2D eigenvalue weighted by Crippen LogP contribution is -2.23. The van der Waals surface area contributed by atoms with Crippen LogP contribution >= 0.6 is 11.8 Å². The van der Waals surface area contributed by atoms with Crippen molar-refractivity contribution in [3.05, 3.63) is 60.4 Å². The lowest BCUT2D eigenvalue weighted by Gasteiger charge is -2.13. The number of nitrogens with one attached hydrogen (secondary N) is 1. The number of nitrogens with two attached hydrogens (primary N) is 1. The minimum atomic E-state index is -0.515. The zero-order valence-electron chi connectivity index (χ0n) is 15.3. The van der Waals surface area contributed by atoms with Gasteiger partial charge in [-0.1, -0.05) is 17.8 Å². The van der Waals surface area contributed by atoms with Crippen LogP contribution in [0.2, 0.25) is 0 Å². The number of anilines is 1. The number of benzene rings is 2. The fourth-order valence-corrected chi connectivity index (χ4v) is 3.26. The molecule has 1 unspecified atom stereocenters. The van der Waals surface area contributed by atoms with Crippen molar-refractivity contribution in [2.24, 2.45) is 5.73 Å². The zero-order chi connectivity index (χ0) is 20.1. The first kappa shape index (κ1) is 19.4. The lowest BCUT2D eigenvalue weighted by atomic mass is 10.2. The molecule has 2 aromatic carbocycles. The van der Waals surface area contributed by atoms with Crippen LogP contribution in [-0.2, 0) is 4.79 Å². The Kier molecular flexibility index (Phi) is 5.95. The molecule has 0 bridgehead atoms. The molecule has 1 aromatic heterocycles. The molecule has 0 spiro atoms. The maximum absolute atomic E-state index is 12.5. The Balaban J connectivity index is 1.69. The van der Waals surface area contributed by atoms with Gasteiger partial charge in [-0.15, -0.1) is 10.2 Å². The summed E-state index contributed by atoms with van der Waals surface area (Å²) >= 11 is 1.28. The molecule has 0 radical (unpaired) electrons. The summed E-state index contributed by atoms with van der Waals surface area (Å²) in [7, 11) is 1.60. The lowest BCUT2D eigenvalue weighted by molar-refractivity contribution is -0.115. The molecular weight excluding hydrogens is 378 g/mol. The van der Waals surface area contributed by atoms with Crippen molar-refractivity contribution in [2.45, 2.75) is 17.3 Å². The van der Waals surface area contributed by atoms with E-state index in [4.69, 9.17) is 10.5 Å². The van der Waals surface area contributed by atoms with Crippen LogP contribution in [0.5, 0.6) is 5.75 Å². The molecule has 8 nitrogen and oxygen atoms in total. The van der Waals surface area contributed by atoms with Crippen LogP contribution in [0.25, 0.3) is 5.69 Å². The van der Waals surface area contributed by atoms with Crippen LogP contribution in [0.15, 0.2) is 60.0 Å². The quantitative estimate of drug-likeness (QED) is 0.593. The van der Waals surface area contributed by atoms with Gasteiger partial charge in [-0.25, -0.2) is 0 Å². The molecule has 9 heteroatoms. The molecule has 0 fully saturated rings. The van der Waals surface area contributed by atoms with Crippen molar-refractivity contribution >= 4 is 29.3 Å². The van der Waals surface area contributed by atoms with Crippen molar-refractivity contribution < 1.29 is 14.3 Å². The molecule has 3 rings (SSSR count). The second-order valence-electron chi connectivity index (χ2n) is 5.88. The Morgan fingerprint density at radius 1 is 1.21 bits per heavy atom. The van der Waals surface area contributed by atoms with E-state index in [2.05, 4.69) is 15.5 Å². The van der Waals surface area contributed by atoms with E-state index in [1.165, 1.54) is 11.8 Å². The van der Waals surface area contributed by atoms with E-state index in [1.54, 1.807) is 49.2 Å². The largest absolute Gasteiger partial charge is 0.497 e. The SMILES string of the molecule is COc1cccc(-n2cnnc2SC(C)C(=O)Nc2ccc(C(N)=O)cc2)c1. The second-order valence-corrected chi connectivity index (χ2v) is 7.18. The smallest absolute Gasteiger partial charge is 0.248 e. The van der Waals surface area contributed by atoms with E-state index in [9.17, 15) is 9.59 Å². The van der Waals surface area contributed by atoms with E-state index in [1.807, 2.05) is 24.3 Å². The number of ether oxygens (including phenoxy) is 1. The van der Waals surface area contributed by atoms with Crippen LogP contribution in [-0.4, -0.2) is 38.9 Å². The molecule has 1 atom stereocenters. The van der Waals surface area contributed by atoms with Crippen LogP contribution < -0.4 is 15.8 Å². The highest BCUT2D eigenvalue weighted by Crippen LogP contribution is 2.26. The molecule has 28 heavy (non-hydrogen) atoms. The molecule has 144 valence electrons. The number of carbonyl (C=O) groups is 2. The van der Waals surface area contributed by atoms with Crippen molar-refractivity contribution in [2.75, 3.05) is 12.4 Å². The van der Waals surface area contributed by atoms with Gasteiger partial charge in [0.25, 0.3) is 0 Å². The summed E-state index contributed by atoms with van der Waals surface area (Å²) in [6.07, 6.45) is 1.59. The maximum atomic E-state index is 12.5. The molecule has 0 saturated heterocycles. The van der Waals surface area contributed by atoms with Crippen molar-refractivity contribution in [1.29, 1.82) is 0 Å². The van der Waals surface area contributed by atoms with E-state index in [0.29, 0.717) is 22.2 Å². The maximum Gasteiger partial charge on any atom is 0.248 e. The van der Waals surface area contributed by atoms with Crippen molar-refractivity contribution in [3.63, 3.8) is 0 Å². The summed E-state index contributed by atoms with van der Waals surface area (Å²) in [4.78, 5) is 23.6. The number of aromatic nitrogens is 3. The first-order valence-electron chi connectivity index (χ1n) is 8.40. The molecule has 0 aliphatic heterocycles. The van der Waals surface area contributed by atoms with Crippen molar-refractivity contribution in [3.8, 4) is 11.4 Å². The Hall–Kier alpha value is -3.33. The predicted molar refractivity (Wildman–Crippen MR) is 107 cm³/mol. The number of hydrogen-bond acceptors (Lipinski definition) is 6. The van der Waals surface area contributed by atoms with E-state index >= 15 is 0 Å². The number of carbonyl (C=O) groups excluding carboxylic acids is 2. The zero-order valence-corrected chi connectivity index (χ0v) is 16.1. The van der Waals surface area contributed by atoms with Gasteiger partial charge in [0, 0.05) is 17.3 Å². The molecule has 3 aromatic rings. The molecule has 2 amide bonds. The Bertz CT molecular complexity index is 987. The Labute approximate surface area is 166 Å². The summed E-state index contributed by atoms with van der Waals surface area (Å²) in [5.74, 6) is 0.00282. The molecule has 3 N–H and O–H groups in total. The molecule has 0 saturated carbocycles. The van der Waals surface area contributed by atoms with E-state index < -0.39 is 11.2 Å². The van der Waals surface area contributed by atoms with Crippen molar-refractivity contribution in [1.82, 2.24) is 14.8 Å².